The van der Waals surface area contributed by atoms with E-state index in [-0.39, 0.29) is 56.3 Å². The van der Waals surface area contributed by atoms with Crippen LogP contribution in [-0.2, 0) is 49.3 Å². The number of likely N-dealkylation sites (N-methyl/N-ethyl adjacent to an activating group) is 1. The number of aromatic amines is 1. The van der Waals surface area contributed by atoms with Crippen LogP contribution >= 0.6 is 0 Å². The fourth-order valence-corrected chi connectivity index (χ4v) is 9.84. The molecule has 0 amide bonds. The number of aliphatic hydroxyl groups excluding tert-OH is 2. The fourth-order valence-electron chi connectivity index (χ4n) is 9.84. The monoisotopic (exact) mass is 828 g/mol. The molecule has 0 unspecified atom stereocenters. The molecule has 5 rings (SSSR count). The SMILES string of the molecule is CC[C@H]1OC(=O)[C@H](C)[C@@H](O[C@@H]2C[C@@]3(OC)O[C@@H]3[C@@H](C)O2)[C@H](C)[C@@H](O[C@H]2O[C@@H](C)C[C@@H](N(C)C(C)C)[C@@H]2O)[C@](C)(O)C[C@@H](C)[C@H](OCc2cnc[nH]2)[C@H](C)[C@@H](O)[C@]1(C)O. The van der Waals surface area contributed by atoms with Crippen molar-refractivity contribution >= 4 is 5.97 Å². The molecular weight excluding hydrogens is 754 g/mol. The van der Waals surface area contributed by atoms with Crippen LogP contribution in [0, 0.1) is 23.7 Å². The molecule has 16 nitrogen and oxygen atoms in total. The Hall–Kier alpha value is -1.80. The van der Waals surface area contributed by atoms with Gasteiger partial charge in [-0.3, -0.25) is 9.69 Å². The molecule has 4 saturated heterocycles. The number of fused-ring (bicyclic) bond motifs is 1. The number of cyclic esters (lactones) is 1. The standard InChI is InChI=1S/C42H73N3O13/c1-14-30-41(11,50)35(47)24(6)33(52-19-28-18-43-20-44-28)22(4)16-40(10,49)36(57-39-32(46)29(15-23(5)53-39)45(12)21(2)3)25(7)34(26(8)38(48)55-30)56-31-17-42(51-13)37(58-42)27(9)54-31/h18,20-27,29-37,39,46-47,49-50H,14-17,19H2,1-13H3,(H,43,44)/t22-,23+,24+,25+,26-,27-,29-,30-,31-,32+,33+,34+,35-,36-,37-,39-,40-,41-,42-/m1/s1. The van der Waals surface area contributed by atoms with Crippen molar-refractivity contribution in [1.82, 2.24) is 14.9 Å². The number of hydrogen-bond donors (Lipinski definition) is 5. The molecule has 0 spiro atoms. The van der Waals surface area contributed by atoms with E-state index in [0.717, 1.165) is 0 Å². The number of rotatable bonds is 11. The van der Waals surface area contributed by atoms with Crippen molar-refractivity contribution < 1.29 is 63.1 Å². The molecule has 4 aliphatic heterocycles. The first kappa shape index (κ1) is 47.3. The second-order valence-electron chi connectivity index (χ2n) is 18.5. The Balaban J connectivity index is 1.59. The highest BCUT2D eigenvalue weighted by atomic mass is 16.8. The predicted octanol–water partition coefficient (Wildman–Crippen LogP) is 3.28. The van der Waals surface area contributed by atoms with Crippen molar-refractivity contribution in [3.8, 4) is 0 Å². The van der Waals surface area contributed by atoms with Crippen LogP contribution < -0.4 is 0 Å². The Bertz CT molecular complexity index is 1470. The molecule has 1 aromatic heterocycles. The molecular formula is C42H73N3O13. The van der Waals surface area contributed by atoms with Gasteiger partial charge in [-0.25, -0.2) is 4.98 Å². The second-order valence-corrected chi connectivity index (χ2v) is 18.5. The predicted molar refractivity (Wildman–Crippen MR) is 211 cm³/mol. The number of aliphatic hydroxyl groups is 4. The van der Waals surface area contributed by atoms with E-state index in [1.165, 1.54) is 6.92 Å². The first-order valence-electron chi connectivity index (χ1n) is 21.2. The number of ether oxygens (including phenoxy) is 8. The van der Waals surface area contributed by atoms with Crippen LogP contribution in [0.1, 0.15) is 108 Å². The van der Waals surface area contributed by atoms with Crippen molar-refractivity contribution in [1.29, 1.82) is 0 Å². The summed E-state index contributed by atoms with van der Waals surface area (Å²) >= 11 is 0. The van der Waals surface area contributed by atoms with E-state index in [1.807, 2.05) is 34.7 Å². The maximum atomic E-state index is 14.4. The van der Waals surface area contributed by atoms with Gasteiger partial charge in [-0.2, -0.15) is 0 Å². The Labute approximate surface area is 344 Å². The number of carbonyl (C=O) groups excluding carboxylic acids is 1. The zero-order valence-corrected chi connectivity index (χ0v) is 36.9. The zero-order chi connectivity index (χ0) is 43.1. The number of imidazole rings is 1. The Morgan fingerprint density at radius 3 is 2.31 bits per heavy atom. The van der Waals surface area contributed by atoms with Crippen LogP contribution in [0.25, 0.3) is 0 Å². The molecule has 4 aliphatic rings. The third-order valence-electron chi connectivity index (χ3n) is 13.5. The van der Waals surface area contributed by atoms with Crippen LogP contribution in [-0.4, -0.2) is 152 Å². The van der Waals surface area contributed by atoms with Crippen molar-refractivity contribution in [2.45, 2.75) is 205 Å². The lowest BCUT2D eigenvalue weighted by Gasteiger charge is -2.49. The van der Waals surface area contributed by atoms with Gasteiger partial charge < -0.3 is 63.3 Å². The number of hydrogen-bond acceptors (Lipinski definition) is 15. The van der Waals surface area contributed by atoms with Crippen molar-refractivity contribution in [3.05, 3.63) is 18.2 Å². The maximum absolute atomic E-state index is 14.4. The maximum Gasteiger partial charge on any atom is 0.311 e. The topological polar surface area (TPSA) is 207 Å². The molecule has 4 fully saturated rings. The van der Waals surface area contributed by atoms with Gasteiger partial charge in [-0.1, -0.05) is 27.7 Å². The van der Waals surface area contributed by atoms with Gasteiger partial charge in [0.1, 0.15) is 23.9 Å². The first-order valence-corrected chi connectivity index (χ1v) is 21.2. The number of nitrogens with one attached hydrogen (secondary N) is 1. The molecule has 0 saturated carbocycles. The molecule has 19 atom stereocenters. The number of H-pyrrole nitrogens is 1. The van der Waals surface area contributed by atoms with E-state index in [4.69, 9.17) is 37.9 Å². The quantitative estimate of drug-likeness (QED) is 0.160. The van der Waals surface area contributed by atoms with Gasteiger partial charge in [0, 0.05) is 31.0 Å². The summed E-state index contributed by atoms with van der Waals surface area (Å²) in [5.74, 6) is -4.53. The highest BCUT2D eigenvalue weighted by Gasteiger charge is 2.65. The lowest BCUT2D eigenvalue weighted by molar-refractivity contribution is -0.309. The summed E-state index contributed by atoms with van der Waals surface area (Å²) in [7, 11) is 3.53. The van der Waals surface area contributed by atoms with Crippen LogP contribution in [0.4, 0.5) is 0 Å². The number of methoxy groups -OCH3 is 1. The van der Waals surface area contributed by atoms with Gasteiger partial charge >= 0.3 is 5.97 Å². The molecule has 58 heavy (non-hydrogen) atoms. The molecule has 0 radical (unpaired) electrons. The Morgan fingerprint density at radius 1 is 1.02 bits per heavy atom. The van der Waals surface area contributed by atoms with Crippen molar-refractivity contribution in [2.75, 3.05) is 14.2 Å². The van der Waals surface area contributed by atoms with E-state index in [0.29, 0.717) is 12.1 Å². The van der Waals surface area contributed by atoms with Gasteiger partial charge in [0.2, 0.25) is 5.79 Å². The summed E-state index contributed by atoms with van der Waals surface area (Å²) in [6.45, 7) is 20.1. The van der Waals surface area contributed by atoms with Gasteiger partial charge in [0.25, 0.3) is 0 Å². The van der Waals surface area contributed by atoms with E-state index in [1.54, 1.807) is 47.3 Å². The third-order valence-corrected chi connectivity index (χ3v) is 13.5. The molecule has 0 bridgehead atoms. The van der Waals surface area contributed by atoms with Crippen LogP contribution in [0.2, 0.25) is 0 Å². The van der Waals surface area contributed by atoms with E-state index < -0.39 is 95.8 Å². The smallest absolute Gasteiger partial charge is 0.311 e. The van der Waals surface area contributed by atoms with Gasteiger partial charge in [-0.15, -0.1) is 0 Å². The minimum atomic E-state index is -1.89. The number of nitrogens with zero attached hydrogens (tertiary/aromatic N) is 2. The number of esters is 1. The van der Waals surface area contributed by atoms with E-state index in [9.17, 15) is 25.2 Å². The third kappa shape index (κ3) is 9.94. The summed E-state index contributed by atoms with van der Waals surface area (Å²) in [5, 5.41) is 48.7. The molecule has 5 N–H and O–H groups in total. The van der Waals surface area contributed by atoms with Crippen molar-refractivity contribution in [2.24, 2.45) is 23.7 Å². The van der Waals surface area contributed by atoms with Gasteiger partial charge in [0.05, 0.1) is 79.4 Å². The normalized spacial score (nSPS) is 47.1. The van der Waals surface area contributed by atoms with Crippen molar-refractivity contribution in [3.63, 3.8) is 0 Å². The average molecular weight is 828 g/mol. The van der Waals surface area contributed by atoms with Gasteiger partial charge in [-0.05, 0) is 80.7 Å². The highest BCUT2D eigenvalue weighted by Crippen LogP contribution is 2.49. The zero-order valence-electron chi connectivity index (χ0n) is 36.9. The molecule has 5 heterocycles. The number of carbonyl (C=O) groups is 1. The lowest BCUT2D eigenvalue weighted by Crippen LogP contribution is -2.61. The van der Waals surface area contributed by atoms with Gasteiger partial charge in [0.15, 0.2) is 12.6 Å². The number of epoxide rings is 1. The summed E-state index contributed by atoms with van der Waals surface area (Å²) in [4.78, 5) is 23.6. The molecule has 334 valence electrons. The largest absolute Gasteiger partial charge is 0.459 e. The summed E-state index contributed by atoms with van der Waals surface area (Å²) in [6, 6.07) is -0.179. The molecule has 0 aromatic carbocycles. The Kier molecular flexibility index (Phi) is 15.2. The minimum Gasteiger partial charge on any atom is -0.459 e. The van der Waals surface area contributed by atoms with E-state index in [2.05, 4.69) is 28.7 Å². The summed E-state index contributed by atoms with van der Waals surface area (Å²) in [5.41, 5.74) is -2.88. The fraction of sp³-hybridized carbons (Fsp3) is 0.905. The Morgan fingerprint density at radius 2 is 1.71 bits per heavy atom. The second kappa shape index (κ2) is 18.7. The average Bonchev–Trinajstić information content (AvgIpc) is 3.68. The van der Waals surface area contributed by atoms with Crippen LogP contribution in [0.5, 0.6) is 0 Å². The minimum absolute atomic E-state index is 0.0740. The van der Waals surface area contributed by atoms with Crippen LogP contribution in [0.15, 0.2) is 12.5 Å². The van der Waals surface area contributed by atoms with Crippen LogP contribution in [0.3, 0.4) is 0 Å². The summed E-state index contributed by atoms with van der Waals surface area (Å²) in [6.07, 6.45) is -5.20. The molecule has 16 heteroatoms. The lowest BCUT2D eigenvalue weighted by atomic mass is 9.73. The van der Waals surface area contributed by atoms with E-state index >= 15 is 0 Å². The number of aromatic nitrogens is 2. The first-order chi connectivity index (χ1) is 27.1. The highest BCUT2D eigenvalue weighted by molar-refractivity contribution is 5.73. The summed E-state index contributed by atoms with van der Waals surface area (Å²) < 4.78 is 50.6. The molecule has 0 aliphatic carbocycles. The molecule has 1 aromatic rings.